The number of alkyl halides is 26. The van der Waals surface area contributed by atoms with E-state index in [1.807, 2.05) is 11.0 Å². The van der Waals surface area contributed by atoms with Crippen molar-refractivity contribution in [1.29, 1.82) is 0 Å². The molecule has 0 aliphatic heterocycles. The highest BCUT2D eigenvalue weighted by Gasteiger charge is 2.92. The molecule has 0 saturated heterocycles. The van der Waals surface area contributed by atoms with E-state index in [1.165, 1.54) is 163 Å². The third-order valence-electron chi connectivity index (χ3n) is 13.6. The first-order chi connectivity index (χ1) is 36.8. The van der Waals surface area contributed by atoms with Crippen LogP contribution in [0, 0.1) is 0 Å². The molecule has 0 aromatic heterocycles. The zero-order valence-electron chi connectivity index (χ0n) is 43.2. The van der Waals surface area contributed by atoms with E-state index in [4.69, 9.17) is 9.05 Å². The van der Waals surface area contributed by atoms with Gasteiger partial charge in [-0.3, -0.25) is 0 Å². The number of rotatable bonds is 25. The van der Waals surface area contributed by atoms with Crippen LogP contribution in [0.2, 0.25) is 10.1 Å². The van der Waals surface area contributed by atoms with E-state index in [1.54, 1.807) is 0 Å². The molecule has 4 rings (SSSR count). The minimum Gasteiger partial charge on any atom is -0.333 e. The fourth-order valence-electron chi connectivity index (χ4n) is 8.90. The van der Waals surface area contributed by atoms with Crippen LogP contribution >= 0.6 is 0 Å². The minimum atomic E-state index is -8.43. The molecule has 2 unspecified atom stereocenters. The normalized spacial score (nSPS) is 15.9. The largest absolute Gasteiger partial charge is 0.460 e. The Morgan fingerprint density at radius 1 is 0.305 bits per heavy atom. The van der Waals surface area contributed by atoms with Crippen LogP contribution in [0.3, 0.4) is 0 Å². The number of halogens is 26. The van der Waals surface area contributed by atoms with E-state index in [-0.39, 0.29) is 20.7 Å². The van der Waals surface area contributed by atoms with Crippen LogP contribution in [-0.4, -0.2) is 100 Å². The summed E-state index contributed by atoms with van der Waals surface area (Å²) in [5, 5.41) is -2.24. The summed E-state index contributed by atoms with van der Waals surface area (Å²) in [7, 11) is -8.91. The lowest BCUT2D eigenvalue weighted by atomic mass is 9.88. The average molecular weight is 1260 g/mol. The first kappa shape index (κ1) is 69.8. The molecule has 0 saturated carbocycles. The lowest BCUT2D eigenvalue weighted by Crippen LogP contribution is -2.71. The highest BCUT2D eigenvalue weighted by molar-refractivity contribution is 7.00. The van der Waals surface area contributed by atoms with E-state index in [0.717, 1.165) is 0 Å². The molecule has 4 aromatic carbocycles. The lowest BCUT2D eigenvalue weighted by molar-refractivity contribution is -0.440. The quantitative estimate of drug-likeness (QED) is 0.0394. The van der Waals surface area contributed by atoms with Crippen molar-refractivity contribution in [2.45, 2.75) is 161 Å². The van der Waals surface area contributed by atoms with Gasteiger partial charge in [-0.05, 0) is 43.7 Å². The summed E-state index contributed by atoms with van der Waals surface area (Å²) >= 11 is 0. The van der Waals surface area contributed by atoms with E-state index in [0.29, 0.717) is 0 Å². The molecule has 0 fully saturated rings. The van der Waals surface area contributed by atoms with Crippen molar-refractivity contribution < 1.29 is 123 Å². The average Bonchev–Trinajstić information content (AvgIpc) is 3.53. The molecule has 4 nitrogen and oxygen atoms in total. The molecular weight excluding hydrogens is 1210 g/mol. The predicted molar refractivity (Wildman–Crippen MR) is 251 cm³/mol. The van der Waals surface area contributed by atoms with Crippen LogP contribution in [-0.2, 0) is 9.05 Å². The molecule has 0 bridgehead atoms. The molecule has 0 aliphatic rings. The number of hydrogen-bond acceptors (Lipinski definition) is 4. The second-order valence-electron chi connectivity index (χ2n) is 21.1. The van der Waals surface area contributed by atoms with Crippen LogP contribution < -0.4 is 31.7 Å². The van der Waals surface area contributed by atoms with Gasteiger partial charge in [-0.15, -0.1) is 0 Å². The Balaban J connectivity index is 2.11. The van der Waals surface area contributed by atoms with Gasteiger partial charge in [-0.2, -0.15) is 114 Å². The molecule has 0 radical (unpaired) electrons. The Morgan fingerprint density at radius 3 is 0.683 bits per heavy atom. The van der Waals surface area contributed by atoms with Crippen molar-refractivity contribution >= 4 is 37.4 Å². The first-order valence-corrected chi connectivity index (χ1v) is 27.6. The summed E-state index contributed by atoms with van der Waals surface area (Å²) in [4.78, 5) is 0. The molecule has 0 heterocycles. The van der Waals surface area contributed by atoms with Crippen molar-refractivity contribution in [3.05, 3.63) is 121 Å². The zero-order valence-corrected chi connectivity index (χ0v) is 45.2. The third kappa shape index (κ3) is 11.9. The maximum absolute atomic E-state index is 15.9. The number of hydrogen-bond donors (Lipinski definition) is 2. The summed E-state index contributed by atoms with van der Waals surface area (Å²) in [6, 6.07) is 21.8. The van der Waals surface area contributed by atoms with Gasteiger partial charge in [0.15, 0.2) is 0 Å². The van der Waals surface area contributed by atoms with Gasteiger partial charge in [0.25, 0.3) is 16.6 Å². The Bertz CT molecular complexity index is 2440. The standard InChI is InChI=1S/C50H50F26N2O2Si2/c1-37(2,3)81(31-19-11-7-12-20-31,32-21-13-8-14-22-32)79-77-35(27-29-39(51,52)41(55,56)43(59,60)45(63,64)47(67,68)49(71,72)73)36(28-30-40(53,54)42(57,58)44(61,62)46(65,66)48(69,70)50(74,75)76)78-80-82(38(4,5)6,33-23-15-9-16-24-33)34-25-17-10-18-26-34/h7-26,35-36,77-78H,27-30H2,1-6H3. The summed E-state index contributed by atoms with van der Waals surface area (Å²) in [5.74, 6) is -80.0. The number of nitrogens with one attached hydrogen (secondary N) is 2. The SMILES string of the molecule is CC(C)(C)[Si](ONC(CCC(F)(F)C(F)(F)C(F)(F)C(F)(F)C(F)(F)C(F)(F)F)C(CCC(F)(F)C(F)(F)C(F)(F)C(F)(F)C(F)(F)C(F)(F)F)NO[Si](c1ccccc1)(c1ccccc1)C(C)(C)C)(c1ccccc1)c1ccccc1. The molecule has 0 amide bonds. The van der Waals surface area contributed by atoms with Crippen LogP contribution in [0.1, 0.15) is 67.2 Å². The third-order valence-corrected chi connectivity index (χ3v) is 23.2. The zero-order chi connectivity index (χ0) is 63.3. The molecule has 2 N–H and O–H groups in total. The smallest absolute Gasteiger partial charge is 0.333 e. The number of hydroxylamine groups is 2. The van der Waals surface area contributed by atoms with E-state index >= 15 is 35.1 Å². The molecule has 2 atom stereocenters. The summed E-state index contributed by atoms with van der Waals surface area (Å²) in [6.07, 6.45) is -26.6. The highest BCUT2D eigenvalue weighted by Crippen LogP contribution is 2.63. The topological polar surface area (TPSA) is 42.5 Å². The fourth-order valence-corrected chi connectivity index (χ4v) is 17.4. The maximum atomic E-state index is 15.9. The fraction of sp³-hybridized carbons (Fsp3) is 0.520. The molecule has 0 aliphatic carbocycles. The van der Waals surface area contributed by atoms with Gasteiger partial charge < -0.3 is 9.05 Å². The monoisotopic (exact) mass is 1260 g/mol. The second-order valence-corrected chi connectivity index (χ2v) is 29.5. The Kier molecular flexibility index (Phi) is 19.6. The molecule has 0 spiro atoms. The molecule has 82 heavy (non-hydrogen) atoms. The first-order valence-electron chi connectivity index (χ1n) is 23.8. The van der Waals surface area contributed by atoms with Gasteiger partial charge in [0.1, 0.15) is 0 Å². The molecule has 4 aromatic rings. The van der Waals surface area contributed by atoms with Crippen LogP contribution in [0.4, 0.5) is 114 Å². The van der Waals surface area contributed by atoms with E-state index in [2.05, 4.69) is 0 Å². The van der Waals surface area contributed by atoms with Crippen LogP contribution in [0.25, 0.3) is 0 Å². The number of benzene rings is 4. The summed E-state index contributed by atoms with van der Waals surface area (Å²) in [5.41, 5.74) is 4.10. The Labute approximate surface area is 453 Å². The molecular formula is C50H50F26N2O2Si2. The highest BCUT2D eigenvalue weighted by atomic mass is 28.4. The van der Waals surface area contributed by atoms with Gasteiger partial charge in [-0.1, -0.05) is 163 Å². The van der Waals surface area contributed by atoms with Crippen molar-refractivity contribution in [2.75, 3.05) is 0 Å². The van der Waals surface area contributed by atoms with Crippen molar-refractivity contribution in [3.8, 4) is 0 Å². The van der Waals surface area contributed by atoms with Crippen LogP contribution in [0.15, 0.2) is 121 Å². The van der Waals surface area contributed by atoms with Gasteiger partial charge >= 0.3 is 71.6 Å². The summed E-state index contributed by atoms with van der Waals surface area (Å²) in [6.45, 7) is 8.62. The lowest BCUT2D eigenvalue weighted by Gasteiger charge is -2.46. The van der Waals surface area contributed by atoms with Crippen molar-refractivity contribution in [2.24, 2.45) is 0 Å². The minimum absolute atomic E-state index is 0.127. The van der Waals surface area contributed by atoms with Gasteiger partial charge in [0.05, 0.1) is 0 Å². The van der Waals surface area contributed by atoms with E-state index in [9.17, 15) is 79.0 Å². The molecule has 462 valence electrons. The van der Waals surface area contributed by atoms with Gasteiger partial charge in [0.2, 0.25) is 0 Å². The maximum Gasteiger partial charge on any atom is 0.460 e. The summed E-state index contributed by atoms with van der Waals surface area (Å²) < 4.78 is 390. The second kappa shape index (κ2) is 23.0. The Hall–Kier alpha value is -4.67. The van der Waals surface area contributed by atoms with Crippen molar-refractivity contribution in [3.63, 3.8) is 0 Å². The van der Waals surface area contributed by atoms with E-state index < -0.39 is 136 Å². The molecule has 32 heteroatoms. The van der Waals surface area contributed by atoms with Gasteiger partial charge in [0, 0.05) is 24.9 Å². The predicted octanol–water partition coefficient (Wildman–Crippen LogP) is 14.9. The Morgan fingerprint density at radius 2 is 0.500 bits per heavy atom. The van der Waals surface area contributed by atoms with Gasteiger partial charge in [-0.25, -0.2) is 11.0 Å². The van der Waals surface area contributed by atoms with Crippen LogP contribution in [0.5, 0.6) is 0 Å². The van der Waals surface area contributed by atoms with Crippen molar-refractivity contribution in [1.82, 2.24) is 11.0 Å².